The highest BCUT2D eigenvalue weighted by Gasteiger charge is 2.47. The topological polar surface area (TPSA) is 231 Å². The molecule has 2 saturated heterocycles. The summed E-state index contributed by atoms with van der Waals surface area (Å²) in [6, 6.07) is 0. The Kier molecular flexibility index (Phi) is 37.8. The van der Waals surface area contributed by atoms with Crippen LogP contribution in [0, 0.1) is 0 Å². The Morgan fingerprint density at radius 3 is 1.15 bits per heavy atom. The number of aliphatic hydroxyl groups is 7. The lowest BCUT2D eigenvalue weighted by Gasteiger charge is -2.42. The van der Waals surface area contributed by atoms with E-state index < -0.39 is 92.7 Å². The monoisotopic (exact) mass is 977 g/mol. The van der Waals surface area contributed by atoms with Crippen LogP contribution in [-0.4, -0.2) is 142 Å². The first-order valence-electron chi connectivity index (χ1n) is 27.6. The van der Waals surface area contributed by atoms with E-state index in [-0.39, 0.29) is 26.1 Å². The molecule has 0 amide bonds. The highest BCUT2D eigenvalue weighted by molar-refractivity contribution is 5.70. The van der Waals surface area contributed by atoms with Crippen molar-refractivity contribution in [2.24, 2.45) is 0 Å². The molecule has 15 nitrogen and oxygen atoms in total. The molecule has 68 heavy (non-hydrogen) atoms. The van der Waals surface area contributed by atoms with E-state index in [4.69, 9.17) is 28.4 Å². The Balaban J connectivity index is 1.73. The van der Waals surface area contributed by atoms with Gasteiger partial charge in [-0.2, -0.15) is 0 Å². The zero-order valence-corrected chi connectivity index (χ0v) is 42.6. The van der Waals surface area contributed by atoms with Crippen LogP contribution in [0.15, 0.2) is 0 Å². The average Bonchev–Trinajstić information content (AvgIpc) is 3.33. The zero-order valence-electron chi connectivity index (χ0n) is 42.6. The lowest BCUT2D eigenvalue weighted by Crippen LogP contribution is -2.61. The van der Waals surface area contributed by atoms with Gasteiger partial charge >= 0.3 is 11.9 Å². The van der Waals surface area contributed by atoms with Crippen LogP contribution in [0.2, 0.25) is 0 Å². The van der Waals surface area contributed by atoms with Gasteiger partial charge < -0.3 is 64.2 Å². The molecule has 0 aliphatic carbocycles. The fourth-order valence-electron chi connectivity index (χ4n) is 9.04. The number of hydrogen-bond acceptors (Lipinski definition) is 15. The molecule has 2 aliphatic rings. The number of aliphatic hydroxyl groups excluding tert-OH is 7. The molecule has 0 radical (unpaired) electrons. The number of hydrogen-bond donors (Lipinski definition) is 7. The number of ether oxygens (including phenoxy) is 6. The third-order valence-electron chi connectivity index (χ3n) is 13.6. The highest BCUT2D eigenvalue weighted by Crippen LogP contribution is 2.27. The Hall–Kier alpha value is -1.50. The fourth-order valence-corrected chi connectivity index (χ4v) is 9.04. The molecule has 0 bridgehead atoms. The summed E-state index contributed by atoms with van der Waals surface area (Å²) in [5, 5.41) is 72.1. The van der Waals surface area contributed by atoms with Crippen molar-refractivity contribution in [3.05, 3.63) is 0 Å². The van der Waals surface area contributed by atoms with Crippen molar-refractivity contribution in [3.8, 4) is 0 Å². The van der Waals surface area contributed by atoms with Crippen molar-refractivity contribution in [2.75, 3.05) is 26.4 Å². The van der Waals surface area contributed by atoms with Gasteiger partial charge in [0.15, 0.2) is 18.7 Å². The molecule has 0 spiro atoms. The summed E-state index contributed by atoms with van der Waals surface area (Å²) in [7, 11) is 0. The SMILES string of the molecule is CCCCCCCCCCCCCCCCCCCCCCCC(=O)OC[C@@H](CO[C@@H]1O[C@H](CO[C@@H]2O[C@H](CO)[C@H](O)C(O)C2O)[C@H](O)C(O)C1O)OC(=O)CCCCCCCCCCCCC. The lowest BCUT2D eigenvalue weighted by molar-refractivity contribution is -0.332. The van der Waals surface area contributed by atoms with Crippen LogP contribution in [0.5, 0.6) is 0 Å². The minimum absolute atomic E-state index is 0.172. The molecule has 0 aromatic rings. The van der Waals surface area contributed by atoms with Gasteiger partial charge in [0.25, 0.3) is 0 Å². The first kappa shape index (κ1) is 62.6. The highest BCUT2D eigenvalue weighted by atomic mass is 16.7. The summed E-state index contributed by atoms with van der Waals surface area (Å²) in [6.45, 7) is 2.62. The molecule has 11 atom stereocenters. The molecular weight excluding hydrogens is 877 g/mol. The summed E-state index contributed by atoms with van der Waals surface area (Å²) in [4.78, 5) is 25.8. The molecule has 7 N–H and O–H groups in total. The summed E-state index contributed by atoms with van der Waals surface area (Å²) in [6.07, 6.45) is 22.8. The third kappa shape index (κ3) is 28.5. The Bertz CT molecular complexity index is 1190. The van der Waals surface area contributed by atoms with E-state index in [0.29, 0.717) is 12.8 Å². The van der Waals surface area contributed by atoms with Gasteiger partial charge in [0.2, 0.25) is 0 Å². The van der Waals surface area contributed by atoms with E-state index in [2.05, 4.69) is 13.8 Å². The van der Waals surface area contributed by atoms with E-state index in [9.17, 15) is 45.3 Å². The predicted octanol–water partition coefficient (Wildman–Crippen LogP) is 8.39. The number of unbranched alkanes of at least 4 members (excludes halogenated alkanes) is 30. The van der Waals surface area contributed by atoms with Gasteiger partial charge in [-0.1, -0.05) is 206 Å². The maximum Gasteiger partial charge on any atom is 0.306 e. The summed E-state index contributed by atoms with van der Waals surface area (Å²) in [5.74, 6) is -0.909. The molecule has 2 fully saturated rings. The Labute approximate surface area is 410 Å². The number of esters is 2. The third-order valence-corrected chi connectivity index (χ3v) is 13.6. The van der Waals surface area contributed by atoms with Crippen molar-refractivity contribution in [3.63, 3.8) is 0 Å². The van der Waals surface area contributed by atoms with Crippen LogP contribution in [0.25, 0.3) is 0 Å². The molecule has 0 saturated carbocycles. The van der Waals surface area contributed by atoms with E-state index in [1.54, 1.807) is 0 Å². The van der Waals surface area contributed by atoms with Gasteiger partial charge in [0.05, 0.1) is 19.8 Å². The summed E-state index contributed by atoms with van der Waals surface area (Å²) >= 11 is 0. The Morgan fingerprint density at radius 2 is 0.750 bits per heavy atom. The molecule has 402 valence electrons. The first-order valence-corrected chi connectivity index (χ1v) is 27.6. The van der Waals surface area contributed by atoms with Crippen molar-refractivity contribution >= 4 is 11.9 Å². The van der Waals surface area contributed by atoms with Gasteiger partial charge in [-0.25, -0.2) is 0 Å². The fraction of sp³-hybridized carbons (Fsp3) is 0.962. The van der Waals surface area contributed by atoms with Crippen molar-refractivity contribution in [2.45, 2.75) is 300 Å². The van der Waals surface area contributed by atoms with Crippen molar-refractivity contribution in [1.29, 1.82) is 0 Å². The molecule has 0 aromatic carbocycles. The van der Waals surface area contributed by atoms with E-state index in [1.165, 1.54) is 154 Å². The predicted molar refractivity (Wildman–Crippen MR) is 262 cm³/mol. The quantitative estimate of drug-likeness (QED) is 0.0225. The van der Waals surface area contributed by atoms with Gasteiger partial charge in [-0.15, -0.1) is 0 Å². The second kappa shape index (κ2) is 41.0. The van der Waals surface area contributed by atoms with Crippen LogP contribution < -0.4 is 0 Å². The lowest BCUT2D eigenvalue weighted by atomic mass is 9.98. The van der Waals surface area contributed by atoms with Gasteiger partial charge in [0, 0.05) is 12.8 Å². The van der Waals surface area contributed by atoms with E-state index in [1.807, 2.05) is 0 Å². The second-order valence-corrected chi connectivity index (χ2v) is 19.8. The molecule has 2 heterocycles. The second-order valence-electron chi connectivity index (χ2n) is 19.8. The summed E-state index contributed by atoms with van der Waals surface area (Å²) < 4.78 is 33.6. The minimum Gasteiger partial charge on any atom is -0.462 e. The van der Waals surface area contributed by atoms with Gasteiger partial charge in [0.1, 0.15) is 55.4 Å². The molecule has 2 aliphatic heterocycles. The largest absolute Gasteiger partial charge is 0.462 e. The molecule has 0 aromatic heterocycles. The molecule has 15 heteroatoms. The normalized spacial score (nSPS) is 25.7. The molecule has 4 unspecified atom stereocenters. The van der Waals surface area contributed by atoms with Crippen molar-refractivity contribution in [1.82, 2.24) is 0 Å². The van der Waals surface area contributed by atoms with Crippen LogP contribution in [0.3, 0.4) is 0 Å². The minimum atomic E-state index is -1.76. The summed E-state index contributed by atoms with van der Waals surface area (Å²) in [5.41, 5.74) is 0. The molecule has 2 rings (SSSR count). The van der Waals surface area contributed by atoms with Crippen LogP contribution >= 0.6 is 0 Å². The maximum absolute atomic E-state index is 13.0. The van der Waals surface area contributed by atoms with E-state index >= 15 is 0 Å². The molecular formula is C53H100O15. The first-order chi connectivity index (χ1) is 33.0. The number of rotatable bonds is 44. The van der Waals surface area contributed by atoms with Crippen LogP contribution in [0.1, 0.15) is 232 Å². The standard InChI is InChI=1S/C53H100O15/c1-3-5-7-9-11-13-15-16-17-18-19-20-21-22-23-24-26-27-29-31-33-35-44(55)63-38-41(66-45(56)36-34-32-30-28-25-14-12-10-8-6-4-2)39-64-52-51(62)49(60)47(58)43(68-52)40-65-53-50(61)48(59)46(57)42(37-54)67-53/h41-43,46-54,57-62H,3-40H2,1-2H3/t41-,42+,43+,46-,47-,48?,49?,50?,51?,52+,53+/m0/s1. The maximum atomic E-state index is 13.0. The van der Waals surface area contributed by atoms with Gasteiger partial charge in [-0.05, 0) is 12.8 Å². The number of carbonyl (C=O) groups is 2. The zero-order chi connectivity index (χ0) is 49.6. The van der Waals surface area contributed by atoms with E-state index in [0.717, 1.165) is 38.5 Å². The van der Waals surface area contributed by atoms with Crippen LogP contribution in [-0.2, 0) is 38.0 Å². The smallest absolute Gasteiger partial charge is 0.306 e. The average molecular weight is 977 g/mol. The number of carbonyl (C=O) groups excluding carboxylic acids is 2. The van der Waals surface area contributed by atoms with Crippen LogP contribution in [0.4, 0.5) is 0 Å². The Morgan fingerprint density at radius 1 is 0.412 bits per heavy atom. The van der Waals surface area contributed by atoms with Crippen molar-refractivity contribution < 1.29 is 73.8 Å². The van der Waals surface area contributed by atoms with Gasteiger partial charge in [-0.3, -0.25) is 9.59 Å².